The third kappa shape index (κ3) is 5.06. The van der Waals surface area contributed by atoms with Gasteiger partial charge in [-0.2, -0.15) is 0 Å². The summed E-state index contributed by atoms with van der Waals surface area (Å²) < 4.78 is 5.27. The number of halogens is 1. The summed E-state index contributed by atoms with van der Waals surface area (Å²) in [6.45, 7) is 3.96. The number of anilines is 1. The highest BCUT2D eigenvalue weighted by Gasteiger charge is 2.45. The van der Waals surface area contributed by atoms with Crippen LogP contribution in [0, 0.1) is 5.92 Å². The van der Waals surface area contributed by atoms with Gasteiger partial charge in [0.1, 0.15) is 11.8 Å². The Balaban J connectivity index is 1.80. The van der Waals surface area contributed by atoms with Gasteiger partial charge in [0.05, 0.1) is 25.3 Å². The standard InChI is InChI=1S/C22H30ClN3O4/c1-13(2)10-21(28)26-17-7-5-4-6-15(17)25-22(29)18(26)12-20(27)24-16-11-14(23)8-9-19(16)30-3/h8-9,11,13,15,17-18H,4-7,10,12H2,1-3H3,(H,24,27)(H,25,29). The Hall–Kier alpha value is -2.28. The quantitative estimate of drug-likeness (QED) is 0.717. The molecule has 164 valence electrons. The van der Waals surface area contributed by atoms with Gasteiger partial charge in [0.15, 0.2) is 0 Å². The maximum atomic E-state index is 13.1. The molecule has 1 aliphatic carbocycles. The van der Waals surface area contributed by atoms with E-state index in [4.69, 9.17) is 16.3 Å². The summed E-state index contributed by atoms with van der Waals surface area (Å²) in [5, 5.41) is 6.28. The predicted molar refractivity (Wildman–Crippen MR) is 116 cm³/mol. The predicted octanol–water partition coefficient (Wildman–Crippen LogP) is 3.36. The van der Waals surface area contributed by atoms with Crippen molar-refractivity contribution in [3.05, 3.63) is 23.2 Å². The lowest BCUT2D eigenvalue weighted by atomic mass is 9.84. The Morgan fingerprint density at radius 3 is 2.73 bits per heavy atom. The van der Waals surface area contributed by atoms with E-state index < -0.39 is 6.04 Å². The molecule has 1 saturated carbocycles. The lowest BCUT2D eigenvalue weighted by Crippen LogP contribution is -2.68. The molecule has 2 fully saturated rings. The smallest absolute Gasteiger partial charge is 0.243 e. The molecule has 1 heterocycles. The van der Waals surface area contributed by atoms with E-state index in [1.54, 1.807) is 23.1 Å². The molecule has 0 radical (unpaired) electrons. The normalized spacial score (nSPS) is 23.6. The SMILES string of the molecule is COc1ccc(Cl)cc1NC(=O)CC1C(=O)NC2CCCCC2N1C(=O)CC(C)C. The number of piperazine rings is 1. The molecule has 0 spiro atoms. The van der Waals surface area contributed by atoms with E-state index in [0.717, 1.165) is 25.7 Å². The first-order valence-electron chi connectivity index (χ1n) is 10.5. The molecule has 1 aromatic carbocycles. The van der Waals surface area contributed by atoms with Crippen LogP contribution in [0.4, 0.5) is 5.69 Å². The van der Waals surface area contributed by atoms with Crippen LogP contribution >= 0.6 is 11.6 Å². The molecule has 1 aromatic rings. The number of hydrogen-bond donors (Lipinski definition) is 2. The summed E-state index contributed by atoms with van der Waals surface area (Å²) in [6.07, 6.45) is 4.00. The Morgan fingerprint density at radius 1 is 1.30 bits per heavy atom. The Bertz CT molecular complexity index is 814. The van der Waals surface area contributed by atoms with Gasteiger partial charge in [-0.1, -0.05) is 38.3 Å². The van der Waals surface area contributed by atoms with Crippen molar-refractivity contribution >= 4 is 35.0 Å². The molecule has 30 heavy (non-hydrogen) atoms. The fourth-order valence-corrected chi connectivity index (χ4v) is 4.58. The monoisotopic (exact) mass is 435 g/mol. The highest BCUT2D eigenvalue weighted by molar-refractivity contribution is 6.31. The van der Waals surface area contributed by atoms with E-state index >= 15 is 0 Å². The second-order valence-electron chi connectivity index (χ2n) is 8.48. The second kappa shape index (κ2) is 9.69. The van der Waals surface area contributed by atoms with Gasteiger partial charge >= 0.3 is 0 Å². The van der Waals surface area contributed by atoms with Gasteiger partial charge in [-0.3, -0.25) is 14.4 Å². The number of rotatable bonds is 6. The van der Waals surface area contributed by atoms with E-state index in [9.17, 15) is 14.4 Å². The van der Waals surface area contributed by atoms with Crippen molar-refractivity contribution in [2.75, 3.05) is 12.4 Å². The highest BCUT2D eigenvalue weighted by atomic mass is 35.5. The number of ether oxygens (including phenoxy) is 1. The van der Waals surface area contributed by atoms with E-state index in [0.29, 0.717) is 22.9 Å². The molecular formula is C22H30ClN3O4. The number of hydrogen-bond acceptors (Lipinski definition) is 4. The fraction of sp³-hybridized carbons (Fsp3) is 0.591. The summed E-state index contributed by atoms with van der Waals surface area (Å²) in [5.74, 6) is -0.0404. The highest BCUT2D eigenvalue weighted by Crippen LogP contribution is 2.32. The number of benzene rings is 1. The van der Waals surface area contributed by atoms with Crippen LogP contribution in [0.3, 0.4) is 0 Å². The van der Waals surface area contributed by atoms with E-state index in [1.165, 1.54) is 7.11 Å². The van der Waals surface area contributed by atoms with Crippen molar-refractivity contribution in [2.45, 2.75) is 70.5 Å². The van der Waals surface area contributed by atoms with Gasteiger partial charge in [0.25, 0.3) is 0 Å². The van der Waals surface area contributed by atoms with Gasteiger partial charge in [0, 0.05) is 17.5 Å². The minimum atomic E-state index is -0.819. The van der Waals surface area contributed by atoms with Gasteiger partial charge in [-0.05, 0) is 37.0 Å². The molecule has 2 N–H and O–H groups in total. The largest absolute Gasteiger partial charge is 0.495 e. The van der Waals surface area contributed by atoms with Crippen molar-refractivity contribution < 1.29 is 19.1 Å². The number of amides is 3. The topological polar surface area (TPSA) is 87.7 Å². The van der Waals surface area contributed by atoms with Crippen LogP contribution < -0.4 is 15.4 Å². The number of methoxy groups -OCH3 is 1. The molecular weight excluding hydrogens is 406 g/mol. The Kier molecular flexibility index (Phi) is 7.23. The maximum absolute atomic E-state index is 13.1. The van der Waals surface area contributed by atoms with Crippen molar-refractivity contribution in [1.29, 1.82) is 0 Å². The molecule has 7 nitrogen and oxygen atoms in total. The van der Waals surface area contributed by atoms with E-state index in [-0.39, 0.29) is 42.1 Å². The summed E-state index contributed by atoms with van der Waals surface area (Å²) in [6, 6.07) is 4.02. The lowest BCUT2D eigenvalue weighted by molar-refractivity contribution is -0.152. The minimum Gasteiger partial charge on any atom is -0.495 e. The molecule has 3 unspecified atom stereocenters. The zero-order valence-corrected chi connectivity index (χ0v) is 18.5. The van der Waals surface area contributed by atoms with Crippen molar-refractivity contribution in [3.63, 3.8) is 0 Å². The Morgan fingerprint density at radius 2 is 2.03 bits per heavy atom. The maximum Gasteiger partial charge on any atom is 0.243 e. The van der Waals surface area contributed by atoms with E-state index in [1.807, 2.05) is 13.8 Å². The molecule has 1 aliphatic heterocycles. The summed E-state index contributed by atoms with van der Waals surface area (Å²) in [4.78, 5) is 40.5. The van der Waals surface area contributed by atoms with Crippen molar-refractivity contribution in [2.24, 2.45) is 5.92 Å². The molecule has 0 bridgehead atoms. The van der Waals surface area contributed by atoms with Crippen LogP contribution in [0.2, 0.25) is 5.02 Å². The first-order valence-corrected chi connectivity index (χ1v) is 10.9. The summed E-state index contributed by atoms with van der Waals surface area (Å²) in [7, 11) is 1.50. The van der Waals surface area contributed by atoms with E-state index in [2.05, 4.69) is 10.6 Å². The van der Waals surface area contributed by atoms with Crippen LogP contribution in [0.5, 0.6) is 5.75 Å². The number of fused-ring (bicyclic) bond motifs is 1. The summed E-state index contributed by atoms with van der Waals surface area (Å²) >= 11 is 6.04. The van der Waals surface area contributed by atoms with Gasteiger partial charge in [-0.15, -0.1) is 0 Å². The average Bonchev–Trinajstić information content (AvgIpc) is 2.68. The van der Waals surface area contributed by atoms with Crippen molar-refractivity contribution in [1.82, 2.24) is 10.2 Å². The number of nitrogens with one attached hydrogen (secondary N) is 2. The molecule has 3 amide bonds. The molecule has 3 rings (SSSR count). The fourth-order valence-electron chi connectivity index (χ4n) is 4.41. The van der Waals surface area contributed by atoms with Crippen LogP contribution in [0.25, 0.3) is 0 Å². The number of carbonyl (C=O) groups is 3. The first kappa shape index (κ1) is 22.4. The first-order chi connectivity index (χ1) is 14.3. The lowest BCUT2D eigenvalue weighted by Gasteiger charge is -2.48. The average molecular weight is 436 g/mol. The van der Waals surface area contributed by atoms with Crippen molar-refractivity contribution in [3.8, 4) is 5.75 Å². The molecule has 3 atom stereocenters. The van der Waals surface area contributed by atoms with Gasteiger partial charge in [0.2, 0.25) is 17.7 Å². The Labute approximate surface area is 182 Å². The van der Waals surface area contributed by atoms with Gasteiger partial charge < -0.3 is 20.3 Å². The van der Waals surface area contributed by atoms with Gasteiger partial charge in [-0.25, -0.2) is 0 Å². The summed E-state index contributed by atoms with van der Waals surface area (Å²) in [5.41, 5.74) is 0.432. The van der Waals surface area contributed by atoms with Crippen LogP contribution in [0.1, 0.15) is 52.4 Å². The minimum absolute atomic E-state index is 0.0327. The third-order valence-corrected chi connectivity index (χ3v) is 5.97. The molecule has 2 aliphatic rings. The van der Waals surface area contributed by atoms with Crippen LogP contribution in [-0.4, -0.2) is 47.9 Å². The zero-order chi connectivity index (χ0) is 21.8. The molecule has 8 heteroatoms. The number of nitrogens with zero attached hydrogens (tertiary/aromatic N) is 1. The zero-order valence-electron chi connectivity index (χ0n) is 17.7. The second-order valence-corrected chi connectivity index (χ2v) is 8.92. The van der Waals surface area contributed by atoms with Crippen LogP contribution in [-0.2, 0) is 14.4 Å². The van der Waals surface area contributed by atoms with Crippen LogP contribution in [0.15, 0.2) is 18.2 Å². The molecule has 1 saturated heterocycles. The molecule has 0 aromatic heterocycles. The third-order valence-electron chi connectivity index (χ3n) is 5.74. The number of carbonyl (C=O) groups excluding carboxylic acids is 3.